The Morgan fingerprint density at radius 3 is 1.27 bits per heavy atom. The highest BCUT2D eigenvalue weighted by molar-refractivity contribution is 5.82. The van der Waals surface area contributed by atoms with E-state index in [9.17, 15) is 20.0 Å². The van der Waals surface area contributed by atoms with Crippen LogP contribution in [-0.2, 0) is 9.59 Å². The monoisotopic (exact) mass is 314 g/mol. The van der Waals surface area contributed by atoms with Gasteiger partial charge in [0.05, 0.1) is 12.1 Å². The Hall–Kier alpha value is -1.14. The van der Waals surface area contributed by atoms with Crippen LogP contribution in [0.2, 0.25) is 0 Å². The van der Waals surface area contributed by atoms with Crippen molar-refractivity contribution >= 4 is 11.8 Å². The molecule has 1 unspecified atom stereocenters. The van der Waals surface area contributed by atoms with Crippen LogP contribution in [0.1, 0.15) is 67.2 Å². The second-order valence-corrected chi connectivity index (χ2v) is 8.22. The third-order valence-electron chi connectivity index (χ3n) is 4.02. The van der Waals surface area contributed by atoms with Crippen LogP contribution < -0.4 is 0 Å². The van der Waals surface area contributed by atoms with E-state index in [2.05, 4.69) is 0 Å². The fourth-order valence-electron chi connectivity index (χ4n) is 2.65. The SMILES string of the molecule is CC(C)(C)C(=O)N(O)C1CCCC[C@H]1N(O)C(=O)C(C)(C)C. The molecule has 0 radical (unpaired) electrons. The minimum Gasteiger partial charge on any atom is -0.286 e. The second-order valence-electron chi connectivity index (χ2n) is 8.22. The molecule has 2 N–H and O–H groups in total. The number of rotatable bonds is 2. The van der Waals surface area contributed by atoms with Gasteiger partial charge in [0.1, 0.15) is 0 Å². The fourth-order valence-corrected chi connectivity index (χ4v) is 2.65. The summed E-state index contributed by atoms with van der Waals surface area (Å²) in [5.74, 6) is -0.804. The van der Waals surface area contributed by atoms with Crippen LogP contribution in [0.25, 0.3) is 0 Å². The number of amides is 2. The van der Waals surface area contributed by atoms with Crippen molar-refractivity contribution in [3.63, 3.8) is 0 Å². The lowest BCUT2D eigenvalue weighted by atomic mass is 9.86. The van der Waals surface area contributed by atoms with Crippen molar-refractivity contribution in [2.24, 2.45) is 10.8 Å². The number of nitrogens with zero attached hydrogens (tertiary/aromatic N) is 2. The normalized spacial score (nSPS) is 23.1. The lowest BCUT2D eigenvalue weighted by molar-refractivity contribution is -0.221. The van der Waals surface area contributed by atoms with Crippen LogP contribution in [0.5, 0.6) is 0 Å². The highest BCUT2D eigenvalue weighted by atomic mass is 16.5. The van der Waals surface area contributed by atoms with E-state index < -0.39 is 34.7 Å². The molecule has 1 rings (SSSR count). The average molecular weight is 314 g/mol. The summed E-state index contributed by atoms with van der Waals surface area (Å²) < 4.78 is 0. The van der Waals surface area contributed by atoms with Gasteiger partial charge in [0.25, 0.3) is 11.8 Å². The van der Waals surface area contributed by atoms with Crippen molar-refractivity contribution in [3.8, 4) is 0 Å². The molecule has 1 fully saturated rings. The van der Waals surface area contributed by atoms with Gasteiger partial charge in [0, 0.05) is 10.8 Å². The Balaban J connectivity index is 2.97. The van der Waals surface area contributed by atoms with Gasteiger partial charge < -0.3 is 0 Å². The van der Waals surface area contributed by atoms with Gasteiger partial charge in [-0.3, -0.25) is 20.0 Å². The summed E-state index contributed by atoms with van der Waals surface area (Å²) in [6, 6.07) is -1.14. The van der Waals surface area contributed by atoms with Gasteiger partial charge in [-0.25, -0.2) is 10.1 Å². The van der Waals surface area contributed by atoms with E-state index in [-0.39, 0.29) is 0 Å². The number of carbonyl (C=O) groups is 2. The zero-order chi connectivity index (χ0) is 17.3. The summed E-state index contributed by atoms with van der Waals surface area (Å²) in [5, 5.41) is 22.1. The standard InChI is InChI=1S/C16H30N2O4/c1-15(2,3)13(19)17(21)11-9-7-8-10-12(11)18(22)14(20)16(4,5)6/h11-12,21-22H,7-10H2,1-6H3/t11-,12?/m1/s1. The molecule has 6 nitrogen and oxygen atoms in total. The number of hydroxylamine groups is 4. The molecule has 0 bridgehead atoms. The largest absolute Gasteiger partial charge is 0.286 e. The molecular weight excluding hydrogens is 284 g/mol. The highest BCUT2D eigenvalue weighted by Gasteiger charge is 2.42. The summed E-state index contributed by atoms with van der Waals surface area (Å²) in [5.41, 5.74) is -1.43. The summed E-state index contributed by atoms with van der Waals surface area (Å²) in [4.78, 5) is 24.6. The van der Waals surface area contributed by atoms with Gasteiger partial charge in [0.2, 0.25) is 0 Å². The van der Waals surface area contributed by atoms with Crippen LogP contribution in [0, 0.1) is 10.8 Å². The van der Waals surface area contributed by atoms with Crippen molar-refractivity contribution in [2.75, 3.05) is 0 Å². The Morgan fingerprint density at radius 2 is 1.05 bits per heavy atom. The molecule has 1 saturated carbocycles. The minimum atomic E-state index is -0.717. The maximum absolute atomic E-state index is 12.3. The molecule has 128 valence electrons. The second kappa shape index (κ2) is 6.54. The van der Waals surface area contributed by atoms with E-state index in [1.54, 1.807) is 41.5 Å². The predicted octanol–water partition coefficient (Wildman–Crippen LogP) is 2.83. The van der Waals surface area contributed by atoms with Crippen LogP contribution in [0.15, 0.2) is 0 Å². The van der Waals surface area contributed by atoms with Crippen molar-refractivity contribution in [1.29, 1.82) is 0 Å². The molecular formula is C16H30N2O4. The number of hydrogen-bond donors (Lipinski definition) is 2. The first kappa shape index (κ1) is 18.9. The van der Waals surface area contributed by atoms with E-state index >= 15 is 0 Å². The van der Waals surface area contributed by atoms with Crippen LogP contribution in [0.3, 0.4) is 0 Å². The molecule has 0 spiro atoms. The van der Waals surface area contributed by atoms with E-state index in [0.29, 0.717) is 12.8 Å². The topological polar surface area (TPSA) is 81.1 Å². The Kier molecular flexibility index (Phi) is 5.62. The number of carbonyl (C=O) groups excluding carboxylic acids is 2. The van der Waals surface area contributed by atoms with Gasteiger partial charge in [0.15, 0.2) is 0 Å². The summed E-state index contributed by atoms with van der Waals surface area (Å²) >= 11 is 0. The maximum Gasteiger partial charge on any atom is 0.251 e. The molecule has 1 aliphatic carbocycles. The molecule has 0 heterocycles. The zero-order valence-electron chi connectivity index (χ0n) is 14.6. The minimum absolute atomic E-state index is 0.402. The average Bonchev–Trinajstić information content (AvgIpc) is 2.42. The summed E-state index contributed by atoms with van der Waals surface area (Å²) in [6.07, 6.45) is 2.84. The highest BCUT2D eigenvalue weighted by Crippen LogP contribution is 2.30. The molecule has 2 atom stereocenters. The molecule has 0 aromatic heterocycles. The molecule has 0 aromatic rings. The Bertz CT molecular complexity index is 383. The lowest BCUT2D eigenvalue weighted by Crippen LogP contribution is -2.57. The first-order valence-corrected chi connectivity index (χ1v) is 7.92. The van der Waals surface area contributed by atoms with Gasteiger partial charge in [-0.15, -0.1) is 0 Å². The molecule has 2 amide bonds. The van der Waals surface area contributed by atoms with Crippen LogP contribution >= 0.6 is 0 Å². The van der Waals surface area contributed by atoms with Gasteiger partial charge in [-0.2, -0.15) is 0 Å². The first-order valence-electron chi connectivity index (χ1n) is 7.92. The van der Waals surface area contributed by atoms with E-state index in [0.717, 1.165) is 23.0 Å². The Labute approximate surface area is 133 Å². The van der Waals surface area contributed by atoms with Crippen LogP contribution in [-0.4, -0.2) is 44.4 Å². The predicted molar refractivity (Wildman–Crippen MR) is 82.2 cm³/mol. The van der Waals surface area contributed by atoms with Crippen molar-refractivity contribution < 1.29 is 20.0 Å². The van der Waals surface area contributed by atoms with E-state index in [1.165, 1.54) is 0 Å². The number of hydrogen-bond acceptors (Lipinski definition) is 4. The van der Waals surface area contributed by atoms with Crippen molar-refractivity contribution in [2.45, 2.75) is 79.3 Å². The Morgan fingerprint density at radius 1 is 0.773 bits per heavy atom. The first-order chi connectivity index (χ1) is 9.87. The van der Waals surface area contributed by atoms with E-state index in [4.69, 9.17) is 0 Å². The molecule has 1 aliphatic rings. The molecule has 22 heavy (non-hydrogen) atoms. The lowest BCUT2D eigenvalue weighted by Gasteiger charge is -2.42. The van der Waals surface area contributed by atoms with Crippen molar-refractivity contribution in [3.05, 3.63) is 0 Å². The summed E-state index contributed by atoms with van der Waals surface area (Å²) in [6.45, 7) is 10.4. The summed E-state index contributed by atoms with van der Waals surface area (Å²) in [7, 11) is 0. The van der Waals surface area contributed by atoms with Gasteiger partial charge in [-0.1, -0.05) is 54.4 Å². The smallest absolute Gasteiger partial charge is 0.251 e. The molecule has 0 saturated heterocycles. The van der Waals surface area contributed by atoms with Gasteiger partial charge >= 0.3 is 0 Å². The molecule has 6 heteroatoms. The zero-order valence-corrected chi connectivity index (χ0v) is 14.6. The quantitative estimate of drug-likeness (QED) is 0.606. The third kappa shape index (κ3) is 4.20. The van der Waals surface area contributed by atoms with E-state index in [1.807, 2.05) is 0 Å². The van der Waals surface area contributed by atoms with Crippen molar-refractivity contribution in [1.82, 2.24) is 10.1 Å². The maximum atomic E-state index is 12.3. The van der Waals surface area contributed by atoms with Crippen LogP contribution in [0.4, 0.5) is 0 Å². The molecule has 0 aliphatic heterocycles. The fraction of sp³-hybridized carbons (Fsp3) is 0.875. The van der Waals surface area contributed by atoms with Gasteiger partial charge in [-0.05, 0) is 12.8 Å². The molecule has 0 aromatic carbocycles. The third-order valence-corrected chi connectivity index (χ3v) is 4.02.